The summed E-state index contributed by atoms with van der Waals surface area (Å²) in [4.78, 5) is 0. The number of hydrogen-bond donors (Lipinski definition) is 1. The molecule has 0 unspecified atom stereocenters. The summed E-state index contributed by atoms with van der Waals surface area (Å²) < 4.78 is 13.3. The van der Waals surface area contributed by atoms with Crippen LogP contribution in [0.1, 0.15) is 25.8 Å². The third-order valence-electron chi connectivity index (χ3n) is 2.19. The molecule has 1 aromatic carbocycles. The summed E-state index contributed by atoms with van der Waals surface area (Å²) in [5.74, 6) is -0.531. The average Bonchev–Trinajstić information content (AvgIpc) is 2.19. The third-order valence-corrected chi connectivity index (χ3v) is 2.56. The fourth-order valence-electron chi connectivity index (χ4n) is 1.36. The van der Waals surface area contributed by atoms with Gasteiger partial charge in [-0.3, -0.25) is 0 Å². The van der Waals surface area contributed by atoms with Gasteiger partial charge in [-0.1, -0.05) is 30.7 Å². The fourth-order valence-corrected chi connectivity index (χ4v) is 1.66. The first-order chi connectivity index (χ1) is 6.61. The lowest BCUT2D eigenvalue weighted by Crippen LogP contribution is -1.94. The van der Waals surface area contributed by atoms with E-state index in [1.165, 1.54) is 6.07 Å². The van der Waals surface area contributed by atoms with Gasteiger partial charge >= 0.3 is 0 Å². The quantitative estimate of drug-likeness (QED) is 0.742. The highest BCUT2D eigenvalue weighted by Crippen LogP contribution is 2.30. The van der Waals surface area contributed by atoms with Crippen LogP contribution in [0.4, 0.5) is 10.1 Å². The highest BCUT2D eigenvalue weighted by molar-refractivity contribution is 6.32. The fraction of sp³-hybridized carbons (Fsp3) is 0.273. The highest BCUT2D eigenvalue weighted by Gasteiger charge is 2.11. The van der Waals surface area contributed by atoms with Gasteiger partial charge in [-0.25, -0.2) is 4.39 Å². The van der Waals surface area contributed by atoms with Crippen LogP contribution in [0.5, 0.6) is 0 Å². The van der Waals surface area contributed by atoms with E-state index < -0.39 is 5.82 Å². The number of anilines is 1. The summed E-state index contributed by atoms with van der Waals surface area (Å²) in [5, 5.41) is 0.111. The van der Waals surface area contributed by atoms with Gasteiger partial charge < -0.3 is 5.73 Å². The van der Waals surface area contributed by atoms with Crippen LogP contribution in [0.2, 0.25) is 5.02 Å². The molecule has 0 fully saturated rings. The van der Waals surface area contributed by atoms with Gasteiger partial charge in [-0.2, -0.15) is 0 Å². The molecule has 0 aliphatic rings. The van der Waals surface area contributed by atoms with Crippen LogP contribution in [-0.4, -0.2) is 0 Å². The van der Waals surface area contributed by atoms with Crippen LogP contribution in [0.15, 0.2) is 18.2 Å². The second-order valence-electron chi connectivity index (χ2n) is 3.00. The van der Waals surface area contributed by atoms with Crippen LogP contribution < -0.4 is 5.73 Å². The Bertz CT molecular complexity index is 372. The number of rotatable bonds is 2. The monoisotopic (exact) mass is 213 g/mol. The number of nitrogens with two attached hydrogens (primary N) is 1. The van der Waals surface area contributed by atoms with E-state index in [4.69, 9.17) is 17.3 Å². The largest absolute Gasteiger partial charge is 0.396 e. The van der Waals surface area contributed by atoms with Gasteiger partial charge in [-0.15, -0.1) is 0 Å². The van der Waals surface area contributed by atoms with Gasteiger partial charge in [0.25, 0.3) is 0 Å². The zero-order valence-electron chi connectivity index (χ0n) is 8.27. The van der Waals surface area contributed by atoms with Crippen molar-refractivity contribution in [2.75, 3.05) is 5.73 Å². The second-order valence-corrected chi connectivity index (χ2v) is 3.38. The van der Waals surface area contributed by atoms with Crippen LogP contribution in [0, 0.1) is 5.82 Å². The Morgan fingerprint density at radius 3 is 2.71 bits per heavy atom. The normalized spacial score (nSPS) is 11.9. The van der Waals surface area contributed by atoms with Crippen molar-refractivity contribution in [3.8, 4) is 0 Å². The predicted octanol–water partition coefficient (Wildman–Crippen LogP) is 3.87. The summed E-state index contributed by atoms with van der Waals surface area (Å²) in [6, 6.07) is 3.29. The molecule has 0 amide bonds. The van der Waals surface area contributed by atoms with Gasteiger partial charge in [0.1, 0.15) is 0 Å². The summed E-state index contributed by atoms with van der Waals surface area (Å²) >= 11 is 5.85. The van der Waals surface area contributed by atoms with Crippen molar-refractivity contribution in [2.24, 2.45) is 0 Å². The van der Waals surface area contributed by atoms with E-state index in [0.29, 0.717) is 0 Å². The van der Waals surface area contributed by atoms with E-state index in [0.717, 1.165) is 17.6 Å². The average molecular weight is 214 g/mol. The molecule has 1 nitrogen and oxygen atoms in total. The smallest absolute Gasteiger partial charge is 0.165 e. The molecule has 0 radical (unpaired) electrons. The number of allylic oxidation sites excluding steroid dienone is 2. The van der Waals surface area contributed by atoms with E-state index in [-0.39, 0.29) is 10.7 Å². The SMILES string of the molecule is C/C=C(\CC)c1ccc(N)c(F)c1Cl. The Kier molecular flexibility index (Phi) is 3.53. The minimum absolute atomic E-state index is 0.0882. The minimum atomic E-state index is -0.531. The summed E-state index contributed by atoms with van der Waals surface area (Å²) in [6.07, 6.45) is 2.75. The lowest BCUT2D eigenvalue weighted by molar-refractivity contribution is 0.632. The topological polar surface area (TPSA) is 26.0 Å². The minimum Gasteiger partial charge on any atom is -0.396 e. The van der Waals surface area contributed by atoms with E-state index in [1.54, 1.807) is 6.07 Å². The molecular weight excluding hydrogens is 201 g/mol. The number of halogens is 2. The van der Waals surface area contributed by atoms with Crippen molar-refractivity contribution < 1.29 is 4.39 Å². The van der Waals surface area contributed by atoms with Crippen molar-refractivity contribution in [1.29, 1.82) is 0 Å². The number of nitrogen functional groups attached to an aromatic ring is 1. The van der Waals surface area contributed by atoms with E-state index >= 15 is 0 Å². The van der Waals surface area contributed by atoms with Gasteiger partial charge in [0.05, 0.1) is 10.7 Å². The van der Waals surface area contributed by atoms with Gasteiger partial charge in [0.15, 0.2) is 5.82 Å². The molecule has 0 bridgehead atoms. The molecule has 14 heavy (non-hydrogen) atoms. The van der Waals surface area contributed by atoms with E-state index in [9.17, 15) is 4.39 Å². The molecule has 76 valence electrons. The predicted molar refractivity (Wildman–Crippen MR) is 59.8 cm³/mol. The number of hydrogen-bond acceptors (Lipinski definition) is 1. The Balaban J connectivity index is 3.30. The molecule has 1 aromatic rings. The molecule has 2 N–H and O–H groups in total. The molecule has 0 aliphatic heterocycles. The van der Waals surface area contributed by atoms with Crippen LogP contribution in [0.25, 0.3) is 5.57 Å². The zero-order chi connectivity index (χ0) is 10.7. The highest BCUT2D eigenvalue weighted by atomic mass is 35.5. The first kappa shape index (κ1) is 11.1. The van der Waals surface area contributed by atoms with Gasteiger partial charge in [-0.05, 0) is 30.5 Å². The molecule has 0 saturated carbocycles. The first-order valence-electron chi connectivity index (χ1n) is 4.50. The Labute approximate surface area is 88.4 Å². The maximum Gasteiger partial charge on any atom is 0.165 e. The van der Waals surface area contributed by atoms with Gasteiger partial charge in [0.2, 0.25) is 0 Å². The Morgan fingerprint density at radius 2 is 2.21 bits per heavy atom. The Morgan fingerprint density at radius 1 is 1.57 bits per heavy atom. The molecule has 0 atom stereocenters. The number of benzene rings is 1. The van der Waals surface area contributed by atoms with Crippen LogP contribution in [-0.2, 0) is 0 Å². The van der Waals surface area contributed by atoms with Crippen molar-refractivity contribution in [3.63, 3.8) is 0 Å². The molecule has 0 aromatic heterocycles. The third kappa shape index (κ3) is 1.90. The van der Waals surface area contributed by atoms with Crippen molar-refractivity contribution in [1.82, 2.24) is 0 Å². The lowest BCUT2D eigenvalue weighted by atomic mass is 10.0. The summed E-state index contributed by atoms with van der Waals surface area (Å²) in [7, 11) is 0. The second kappa shape index (κ2) is 4.47. The summed E-state index contributed by atoms with van der Waals surface area (Å²) in [6.45, 7) is 3.91. The lowest BCUT2D eigenvalue weighted by Gasteiger charge is -2.08. The summed E-state index contributed by atoms with van der Waals surface area (Å²) in [5.41, 5.74) is 7.23. The maximum absolute atomic E-state index is 13.3. The van der Waals surface area contributed by atoms with E-state index in [2.05, 4.69) is 0 Å². The Hall–Kier alpha value is -1.02. The van der Waals surface area contributed by atoms with Crippen LogP contribution in [0.3, 0.4) is 0 Å². The zero-order valence-corrected chi connectivity index (χ0v) is 9.03. The maximum atomic E-state index is 13.3. The first-order valence-corrected chi connectivity index (χ1v) is 4.88. The molecule has 0 spiro atoms. The standard InChI is InChI=1S/C11H13ClFN/c1-3-7(4-2)8-5-6-9(14)11(13)10(8)12/h3,5-6H,4,14H2,1-2H3/b7-3+. The molecule has 0 saturated heterocycles. The van der Waals surface area contributed by atoms with Crippen molar-refractivity contribution in [3.05, 3.63) is 34.6 Å². The molecule has 0 aliphatic carbocycles. The van der Waals surface area contributed by atoms with Crippen molar-refractivity contribution >= 4 is 22.9 Å². The molecular formula is C11H13ClFN. The molecule has 1 rings (SSSR count). The van der Waals surface area contributed by atoms with E-state index in [1.807, 2.05) is 19.9 Å². The molecule has 0 heterocycles. The van der Waals surface area contributed by atoms with Crippen molar-refractivity contribution in [2.45, 2.75) is 20.3 Å². The van der Waals surface area contributed by atoms with Crippen LogP contribution >= 0.6 is 11.6 Å². The molecule has 3 heteroatoms. The van der Waals surface area contributed by atoms with Gasteiger partial charge in [0, 0.05) is 0 Å².